The molecule has 0 heterocycles. The number of Topliss-reactive ketones (excluding diaryl/α,β-unsaturated/α-hetero) is 1. The third-order valence-electron chi connectivity index (χ3n) is 2.90. The van der Waals surface area contributed by atoms with E-state index in [0.29, 0.717) is 12.0 Å². The van der Waals surface area contributed by atoms with Crippen LogP contribution in [0.1, 0.15) is 37.0 Å². The lowest BCUT2D eigenvalue weighted by atomic mass is 10.1. The monoisotopic (exact) mass is 315 g/mol. The SMILES string of the molecule is CCC(=O)c1cccc(S(=O)(=O)NC(C)CCSC)c1. The zero-order valence-electron chi connectivity index (χ0n) is 12.0. The van der Waals surface area contributed by atoms with Crippen molar-refractivity contribution in [3.05, 3.63) is 29.8 Å². The van der Waals surface area contributed by atoms with E-state index >= 15 is 0 Å². The first-order chi connectivity index (χ1) is 9.40. The van der Waals surface area contributed by atoms with Gasteiger partial charge in [-0.3, -0.25) is 4.79 Å². The maximum atomic E-state index is 12.2. The summed E-state index contributed by atoms with van der Waals surface area (Å²) in [5.74, 6) is 0.843. The third-order valence-corrected chi connectivity index (χ3v) is 5.13. The molecule has 0 radical (unpaired) electrons. The normalized spacial score (nSPS) is 13.2. The van der Waals surface area contributed by atoms with Crippen LogP contribution in [-0.4, -0.2) is 32.3 Å². The standard InChI is InChI=1S/C14H21NO3S2/c1-4-14(16)12-6-5-7-13(10-12)20(17,18)15-11(2)8-9-19-3/h5-7,10-11,15H,4,8-9H2,1-3H3. The molecule has 0 saturated heterocycles. The molecule has 4 nitrogen and oxygen atoms in total. The lowest BCUT2D eigenvalue weighted by Gasteiger charge is -2.14. The highest BCUT2D eigenvalue weighted by Gasteiger charge is 2.18. The Bertz CT molecular complexity index is 555. The van der Waals surface area contributed by atoms with E-state index in [1.165, 1.54) is 12.1 Å². The Hall–Kier alpha value is -0.850. The van der Waals surface area contributed by atoms with Gasteiger partial charge in [0, 0.05) is 18.0 Å². The summed E-state index contributed by atoms with van der Waals surface area (Å²) >= 11 is 1.68. The number of hydrogen-bond donors (Lipinski definition) is 1. The second-order valence-corrected chi connectivity index (χ2v) is 7.31. The van der Waals surface area contributed by atoms with Crippen molar-refractivity contribution in [2.75, 3.05) is 12.0 Å². The number of carbonyl (C=O) groups is 1. The van der Waals surface area contributed by atoms with Gasteiger partial charge in [0.25, 0.3) is 0 Å². The highest BCUT2D eigenvalue weighted by Crippen LogP contribution is 2.14. The van der Waals surface area contributed by atoms with Crippen LogP contribution in [0.25, 0.3) is 0 Å². The van der Waals surface area contributed by atoms with Crippen LogP contribution in [0.2, 0.25) is 0 Å². The maximum absolute atomic E-state index is 12.2. The summed E-state index contributed by atoms with van der Waals surface area (Å²) in [5.41, 5.74) is 0.437. The molecule has 112 valence electrons. The van der Waals surface area contributed by atoms with Crippen LogP contribution in [0.3, 0.4) is 0 Å². The van der Waals surface area contributed by atoms with Gasteiger partial charge < -0.3 is 0 Å². The van der Waals surface area contributed by atoms with Gasteiger partial charge in [-0.1, -0.05) is 19.1 Å². The van der Waals surface area contributed by atoms with Gasteiger partial charge in [0.15, 0.2) is 5.78 Å². The predicted octanol–water partition coefficient (Wildman–Crippen LogP) is 2.70. The van der Waals surface area contributed by atoms with E-state index in [2.05, 4.69) is 4.72 Å². The molecule has 1 aromatic carbocycles. The van der Waals surface area contributed by atoms with E-state index in [-0.39, 0.29) is 16.7 Å². The van der Waals surface area contributed by atoms with Gasteiger partial charge in [-0.15, -0.1) is 0 Å². The molecule has 1 N–H and O–H groups in total. The average Bonchev–Trinajstić information content (AvgIpc) is 2.44. The molecule has 1 aromatic rings. The van der Waals surface area contributed by atoms with Crippen molar-refractivity contribution in [3.63, 3.8) is 0 Å². The van der Waals surface area contributed by atoms with Gasteiger partial charge >= 0.3 is 0 Å². The van der Waals surface area contributed by atoms with Gasteiger partial charge in [-0.2, -0.15) is 11.8 Å². The highest BCUT2D eigenvalue weighted by atomic mass is 32.2. The number of benzene rings is 1. The number of hydrogen-bond acceptors (Lipinski definition) is 4. The van der Waals surface area contributed by atoms with Crippen molar-refractivity contribution in [2.24, 2.45) is 0 Å². The number of nitrogens with one attached hydrogen (secondary N) is 1. The number of ketones is 1. The van der Waals surface area contributed by atoms with E-state index in [1.54, 1.807) is 30.8 Å². The summed E-state index contributed by atoms with van der Waals surface area (Å²) in [6.07, 6.45) is 3.12. The Morgan fingerprint density at radius 1 is 1.40 bits per heavy atom. The topological polar surface area (TPSA) is 63.2 Å². The van der Waals surface area contributed by atoms with E-state index in [0.717, 1.165) is 12.2 Å². The van der Waals surface area contributed by atoms with Crippen molar-refractivity contribution in [2.45, 2.75) is 37.6 Å². The third kappa shape index (κ3) is 4.92. The molecule has 1 rings (SSSR count). The molecule has 1 unspecified atom stereocenters. The van der Waals surface area contributed by atoms with E-state index in [9.17, 15) is 13.2 Å². The van der Waals surface area contributed by atoms with E-state index in [1.807, 2.05) is 13.2 Å². The second-order valence-electron chi connectivity index (χ2n) is 4.61. The summed E-state index contributed by atoms with van der Waals surface area (Å²) in [6.45, 7) is 3.60. The molecule has 0 bridgehead atoms. The van der Waals surface area contributed by atoms with Gasteiger partial charge in [-0.25, -0.2) is 13.1 Å². The molecule has 0 fully saturated rings. The molecule has 1 atom stereocenters. The van der Waals surface area contributed by atoms with Crippen molar-refractivity contribution in [1.29, 1.82) is 0 Å². The zero-order chi connectivity index (χ0) is 15.2. The Morgan fingerprint density at radius 3 is 2.70 bits per heavy atom. The van der Waals surface area contributed by atoms with Gasteiger partial charge in [0.1, 0.15) is 0 Å². The lowest BCUT2D eigenvalue weighted by molar-refractivity contribution is 0.0988. The molecule has 20 heavy (non-hydrogen) atoms. The molecule has 0 amide bonds. The van der Waals surface area contributed by atoms with Crippen molar-refractivity contribution < 1.29 is 13.2 Å². The minimum Gasteiger partial charge on any atom is -0.294 e. The summed E-state index contributed by atoms with van der Waals surface area (Å²) in [7, 11) is -3.57. The van der Waals surface area contributed by atoms with E-state index < -0.39 is 10.0 Å². The van der Waals surface area contributed by atoms with Crippen LogP contribution >= 0.6 is 11.8 Å². The fraction of sp³-hybridized carbons (Fsp3) is 0.500. The van der Waals surface area contributed by atoms with Crippen LogP contribution in [0.4, 0.5) is 0 Å². The summed E-state index contributed by atoms with van der Waals surface area (Å²) < 4.78 is 27.1. The first-order valence-corrected chi connectivity index (χ1v) is 9.43. The van der Waals surface area contributed by atoms with Crippen molar-refractivity contribution >= 4 is 27.6 Å². The fourth-order valence-corrected chi connectivity index (χ4v) is 3.64. The number of thioether (sulfide) groups is 1. The zero-order valence-corrected chi connectivity index (χ0v) is 13.7. The van der Waals surface area contributed by atoms with Gasteiger partial charge in [0.05, 0.1) is 4.90 Å². The molecule has 0 aliphatic carbocycles. The molecule has 6 heteroatoms. The predicted molar refractivity (Wildman–Crippen MR) is 83.8 cm³/mol. The summed E-state index contributed by atoms with van der Waals surface area (Å²) in [4.78, 5) is 11.8. The Morgan fingerprint density at radius 2 is 2.10 bits per heavy atom. The quantitative estimate of drug-likeness (QED) is 0.749. The molecule has 0 spiro atoms. The fourth-order valence-electron chi connectivity index (χ4n) is 1.73. The number of rotatable bonds is 8. The molecule has 0 aromatic heterocycles. The van der Waals surface area contributed by atoms with Crippen molar-refractivity contribution in [3.8, 4) is 0 Å². The first-order valence-electron chi connectivity index (χ1n) is 6.55. The lowest BCUT2D eigenvalue weighted by Crippen LogP contribution is -2.33. The van der Waals surface area contributed by atoms with Crippen LogP contribution in [0.5, 0.6) is 0 Å². The van der Waals surface area contributed by atoms with Crippen molar-refractivity contribution in [1.82, 2.24) is 4.72 Å². The molecule has 0 aliphatic heterocycles. The largest absolute Gasteiger partial charge is 0.294 e. The van der Waals surface area contributed by atoms with E-state index in [4.69, 9.17) is 0 Å². The Labute approximate surface area is 125 Å². The van der Waals surface area contributed by atoms with Crippen LogP contribution in [0, 0.1) is 0 Å². The highest BCUT2D eigenvalue weighted by molar-refractivity contribution is 7.98. The Balaban J connectivity index is 2.90. The smallest absolute Gasteiger partial charge is 0.240 e. The maximum Gasteiger partial charge on any atom is 0.240 e. The molecule has 0 aliphatic rings. The van der Waals surface area contributed by atoms with Gasteiger partial charge in [0.2, 0.25) is 10.0 Å². The minimum atomic E-state index is -3.57. The second kappa shape index (κ2) is 7.81. The molecular formula is C14H21NO3S2. The Kier molecular flexibility index (Phi) is 6.71. The summed E-state index contributed by atoms with van der Waals surface area (Å²) in [5, 5.41) is 0. The first kappa shape index (κ1) is 17.2. The van der Waals surface area contributed by atoms with Crippen LogP contribution in [-0.2, 0) is 10.0 Å². The van der Waals surface area contributed by atoms with Gasteiger partial charge in [-0.05, 0) is 37.5 Å². The van der Waals surface area contributed by atoms with Crippen LogP contribution < -0.4 is 4.72 Å². The van der Waals surface area contributed by atoms with Crippen LogP contribution in [0.15, 0.2) is 29.2 Å². The molecular weight excluding hydrogens is 294 g/mol. The average molecular weight is 315 g/mol. The number of carbonyl (C=O) groups excluding carboxylic acids is 1. The molecule has 0 saturated carbocycles. The summed E-state index contributed by atoms with van der Waals surface area (Å²) in [6, 6.07) is 6.07. The minimum absolute atomic E-state index is 0.0579. The number of sulfonamides is 1.